The first kappa shape index (κ1) is 15.2. The Labute approximate surface area is 153 Å². The first-order valence-electron chi connectivity index (χ1n) is 8.91. The Balaban J connectivity index is 1.36. The molecule has 5 heteroatoms. The van der Waals surface area contributed by atoms with Crippen LogP contribution >= 0.6 is 0 Å². The molecule has 0 bridgehead atoms. The summed E-state index contributed by atoms with van der Waals surface area (Å²) in [6.07, 6.45) is 2.28. The molecule has 3 aliphatic rings. The van der Waals surface area contributed by atoms with E-state index in [2.05, 4.69) is 64.7 Å². The third-order valence-electron chi connectivity index (χ3n) is 5.20. The number of para-hydroxylation sites is 1. The molecule has 1 N–H and O–H groups in total. The molecule has 2 aromatic carbocycles. The summed E-state index contributed by atoms with van der Waals surface area (Å²) in [4.78, 5) is 2.41. The van der Waals surface area contributed by atoms with E-state index in [1.165, 1.54) is 28.2 Å². The van der Waals surface area contributed by atoms with Gasteiger partial charge in [-0.15, -0.1) is 0 Å². The summed E-state index contributed by atoms with van der Waals surface area (Å²) in [7, 11) is 0. The lowest BCUT2D eigenvalue weighted by molar-refractivity contribution is 0.174. The molecular weight excluding hydrogens is 326 g/mol. The number of anilines is 1. The fraction of sp³-hybridized carbons (Fsp3) is 0.238. The van der Waals surface area contributed by atoms with E-state index in [0.717, 1.165) is 31.1 Å². The minimum atomic E-state index is 0.318. The number of benzene rings is 2. The summed E-state index contributed by atoms with van der Waals surface area (Å²) in [6.45, 7) is 5.17. The lowest BCUT2D eigenvalue weighted by Gasteiger charge is -2.29. The van der Waals surface area contributed by atoms with Crippen molar-refractivity contribution in [1.82, 2.24) is 10.3 Å². The van der Waals surface area contributed by atoms with E-state index >= 15 is 0 Å². The van der Waals surface area contributed by atoms with Gasteiger partial charge in [-0.2, -0.15) is 0 Å². The van der Waals surface area contributed by atoms with Crippen molar-refractivity contribution in [2.45, 2.75) is 13.5 Å². The van der Waals surface area contributed by atoms with Gasteiger partial charge in [0.1, 0.15) is 0 Å². The van der Waals surface area contributed by atoms with Crippen LogP contribution in [0.1, 0.15) is 12.5 Å². The summed E-state index contributed by atoms with van der Waals surface area (Å²) in [5, 5.41) is 2.20. The number of nitrogens with zero attached hydrogens (tertiary/aromatic N) is 2. The van der Waals surface area contributed by atoms with Gasteiger partial charge in [0.15, 0.2) is 11.5 Å². The molecule has 1 fully saturated rings. The highest BCUT2D eigenvalue weighted by atomic mass is 16.7. The molecule has 0 saturated carbocycles. The maximum absolute atomic E-state index is 5.51. The average Bonchev–Trinajstić information content (AvgIpc) is 3.31. The van der Waals surface area contributed by atoms with Crippen molar-refractivity contribution in [3.63, 3.8) is 0 Å². The molecule has 1 saturated heterocycles. The van der Waals surface area contributed by atoms with E-state index in [1.54, 1.807) is 0 Å². The van der Waals surface area contributed by atoms with Gasteiger partial charge < -0.3 is 14.4 Å². The maximum atomic E-state index is 5.51. The van der Waals surface area contributed by atoms with Gasteiger partial charge in [0.2, 0.25) is 6.79 Å². The number of hydrogen-bond acceptors (Lipinski definition) is 5. The normalized spacial score (nSPS) is 18.0. The zero-order chi connectivity index (χ0) is 17.5. The molecule has 0 spiro atoms. The largest absolute Gasteiger partial charge is 0.454 e. The number of allylic oxidation sites excluding steroid dienone is 1. The highest BCUT2D eigenvalue weighted by Crippen LogP contribution is 2.34. The molecule has 26 heavy (non-hydrogen) atoms. The summed E-state index contributed by atoms with van der Waals surface area (Å²) in [5.41, 5.74) is 9.87. The van der Waals surface area contributed by atoms with Crippen molar-refractivity contribution in [3.05, 3.63) is 77.1 Å². The van der Waals surface area contributed by atoms with Crippen LogP contribution in [0, 0.1) is 0 Å². The van der Waals surface area contributed by atoms with E-state index in [4.69, 9.17) is 9.47 Å². The smallest absolute Gasteiger partial charge is 0.231 e. The molecule has 0 aliphatic carbocycles. The fourth-order valence-electron chi connectivity index (χ4n) is 3.71. The topological polar surface area (TPSA) is 37.0 Å². The monoisotopic (exact) mass is 347 g/mol. The molecule has 0 unspecified atom stereocenters. The molecular formula is C21H21N3O2. The van der Waals surface area contributed by atoms with E-state index in [1.807, 2.05) is 12.1 Å². The van der Waals surface area contributed by atoms with Crippen LogP contribution in [0.3, 0.4) is 0 Å². The Morgan fingerprint density at radius 1 is 1.04 bits per heavy atom. The third kappa shape index (κ3) is 2.56. The van der Waals surface area contributed by atoms with E-state index < -0.39 is 0 Å². The van der Waals surface area contributed by atoms with Crippen molar-refractivity contribution in [2.24, 2.45) is 0 Å². The van der Waals surface area contributed by atoms with Gasteiger partial charge in [0, 0.05) is 24.4 Å². The summed E-state index contributed by atoms with van der Waals surface area (Å²) < 4.78 is 10.9. The SMILES string of the molecule is CC1=C2CN(c3ccccc3)NC2=CCN1Cc1ccc2c(c1)OCO2. The minimum absolute atomic E-state index is 0.318. The highest BCUT2D eigenvalue weighted by molar-refractivity contribution is 5.55. The zero-order valence-corrected chi connectivity index (χ0v) is 14.7. The Kier molecular flexibility index (Phi) is 3.52. The van der Waals surface area contributed by atoms with Crippen LogP contribution in [0.25, 0.3) is 0 Å². The van der Waals surface area contributed by atoms with Crippen LogP contribution in [-0.2, 0) is 6.54 Å². The zero-order valence-electron chi connectivity index (χ0n) is 14.7. The number of hydrogen-bond donors (Lipinski definition) is 1. The Bertz CT molecular complexity index is 905. The Morgan fingerprint density at radius 3 is 2.77 bits per heavy atom. The minimum Gasteiger partial charge on any atom is -0.454 e. The van der Waals surface area contributed by atoms with Gasteiger partial charge in [-0.25, -0.2) is 0 Å². The van der Waals surface area contributed by atoms with Gasteiger partial charge in [-0.1, -0.05) is 24.3 Å². The standard InChI is InChI=1S/C21H21N3O2/c1-15-18-13-24(17-5-3-2-4-6-17)22-19(18)9-10-23(15)12-16-7-8-20-21(11-16)26-14-25-20/h2-9,11,22H,10,12-14H2,1H3. The van der Waals surface area contributed by atoms with Crippen LogP contribution < -0.4 is 19.9 Å². The number of fused-ring (bicyclic) bond motifs is 2. The first-order chi connectivity index (χ1) is 12.8. The second-order valence-corrected chi connectivity index (χ2v) is 6.78. The Morgan fingerprint density at radius 2 is 1.88 bits per heavy atom. The van der Waals surface area contributed by atoms with Crippen LogP contribution in [0.5, 0.6) is 11.5 Å². The molecule has 3 aliphatic heterocycles. The van der Waals surface area contributed by atoms with Gasteiger partial charge in [-0.05, 0) is 42.8 Å². The first-order valence-corrected chi connectivity index (χ1v) is 8.91. The molecule has 2 aromatic rings. The Hall–Kier alpha value is -3.08. The van der Waals surface area contributed by atoms with E-state index in [0.29, 0.717) is 6.79 Å². The molecule has 5 nitrogen and oxygen atoms in total. The third-order valence-corrected chi connectivity index (χ3v) is 5.20. The van der Waals surface area contributed by atoms with Crippen LogP contribution in [0.15, 0.2) is 71.6 Å². The summed E-state index contributed by atoms with van der Waals surface area (Å²) in [5.74, 6) is 1.68. The molecule has 132 valence electrons. The molecule has 5 rings (SSSR count). The molecule has 0 aromatic heterocycles. The lowest BCUT2D eigenvalue weighted by Crippen LogP contribution is -2.30. The van der Waals surface area contributed by atoms with Crippen molar-refractivity contribution in [2.75, 3.05) is 24.9 Å². The fourth-order valence-corrected chi connectivity index (χ4v) is 3.71. The van der Waals surface area contributed by atoms with Crippen molar-refractivity contribution in [1.29, 1.82) is 0 Å². The second-order valence-electron chi connectivity index (χ2n) is 6.78. The quantitative estimate of drug-likeness (QED) is 0.921. The van der Waals surface area contributed by atoms with Gasteiger partial charge in [0.25, 0.3) is 0 Å². The van der Waals surface area contributed by atoms with E-state index in [-0.39, 0.29) is 0 Å². The van der Waals surface area contributed by atoms with Crippen molar-refractivity contribution in [3.8, 4) is 11.5 Å². The number of ether oxygens (including phenoxy) is 2. The van der Waals surface area contributed by atoms with Crippen molar-refractivity contribution < 1.29 is 9.47 Å². The molecule has 0 amide bonds. The highest BCUT2D eigenvalue weighted by Gasteiger charge is 2.28. The van der Waals surface area contributed by atoms with Crippen molar-refractivity contribution >= 4 is 5.69 Å². The number of rotatable bonds is 3. The average molecular weight is 347 g/mol. The van der Waals surface area contributed by atoms with Crippen LogP contribution in [0.2, 0.25) is 0 Å². The number of hydrazine groups is 1. The molecule has 0 radical (unpaired) electrons. The summed E-state index contributed by atoms with van der Waals surface area (Å²) in [6, 6.07) is 16.6. The van der Waals surface area contributed by atoms with Gasteiger partial charge in [0.05, 0.1) is 17.9 Å². The second kappa shape index (κ2) is 6.02. The summed E-state index contributed by atoms with van der Waals surface area (Å²) >= 11 is 0. The molecule has 3 heterocycles. The molecule has 0 atom stereocenters. The van der Waals surface area contributed by atoms with Crippen LogP contribution in [-0.4, -0.2) is 24.8 Å². The van der Waals surface area contributed by atoms with Crippen LogP contribution in [0.4, 0.5) is 5.69 Å². The number of nitrogens with one attached hydrogen (secondary N) is 1. The maximum Gasteiger partial charge on any atom is 0.231 e. The van der Waals surface area contributed by atoms with E-state index in [9.17, 15) is 0 Å². The lowest BCUT2D eigenvalue weighted by atomic mass is 10.1. The van der Waals surface area contributed by atoms with Gasteiger partial charge in [-0.3, -0.25) is 10.4 Å². The predicted octanol–water partition coefficient (Wildman–Crippen LogP) is 3.41. The predicted molar refractivity (Wildman–Crippen MR) is 101 cm³/mol. The van der Waals surface area contributed by atoms with Gasteiger partial charge >= 0.3 is 0 Å².